The molecule has 0 aromatic carbocycles. The normalized spacial score (nSPS) is 25.7. The van der Waals surface area contributed by atoms with Crippen LogP contribution in [0.15, 0.2) is 0 Å². The van der Waals surface area contributed by atoms with Crippen LogP contribution in [0.3, 0.4) is 0 Å². The molecule has 4 heteroatoms. The van der Waals surface area contributed by atoms with Crippen LogP contribution in [-0.4, -0.2) is 24.5 Å². The molecule has 4 nitrogen and oxygen atoms in total. The zero-order valence-corrected chi connectivity index (χ0v) is 9.41. The molecule has 0 heterocycles. The third-order valence-electron chi connectivity index (χ3n) is 2.77. The lowest BCUT2D eigenvalue weighted by Crippen LogP contribution is -2.38. The van der Waals surface area contributed by atoms with Crippen molar-refractivity contribution >= 4 is 11.9 Å². The molecule has 2 atom stereocenters. The van der Waals surface area contributed by atoms with E-state index in [0.717, 1.165) is 25.7 Å². The van der Waals surface area contributed by atoms with Crippen LogP contribution in [-0.2, 0) is 14.3 Å². The van der Waals surface area contributed by atoms with Crippen LogP contribution >= 0.6 is 0 Å². The topological polar surface area (TPSA) is 55.4 Å². The molecule has 1 fully saturated rings. The number of esters is 1. The second-order valence-electron chi connectivity index (χ2n) is 4.13. The summed E-state index contributed by atoms with van der Waals surface area (Å²) in [6.07, 6.45) is 4.20. The fourth-order valence-electron chi connectivity index (χ4n) is 2.05. The number of hydrogen-bond acceptors (Lipinski definition) is 3. The van der Waals surface area contributed by atoms with Crippen molar-refractivity contribution in [2.45, 2.75) is 45.6 Å². The molecule has 1 N–H and O–H groups in total. The minimum atomic E-state index is -0.227. The maximum Gasteiger partial charge on any atom is 0.302 e. The average Bonchev–Trinajstić information content (AvgIpc) is 2.15. The largest absolute Gasteiger partial charge is 0.462 e. The fraction of sp³-hybridized carbons (Fsp3) is 0.818. The number of carbonyl (C=O) groups is 2. The van der Waals surface area contributed by atoms with Gasteiger partial charge in [-0.1, -0.05) is 6.42 Å². The van der Waals surface area contributed by atoms with Crippen molar-refractivity contribution in [3.05, 3.63) is 0 Å². The van der Waals surface area contributed by atoms with Crippen molar-refractivity contribution in [2.75, 3.05) is 6.54 Å². The van der Waals surface area contributed by atoms with Crippen LogP contribution in [0, 0.1) is 5.92 Å². The molecule has 1 saturated carbocycles. The van der Waals surface area contributed by atoms with Gasteiger partial charge in [0.2, 0.25) is 5.91 Å². The Balaban J connectivity index is 2.42. The summed E-state index contributed by atoms with van der Waals surface area (Å²) in [4.78, 5) is 21.7. The predicted octanol–water partition coefficient (Wildman–Crippen LogP) is 1.24. The second-order valence-corrected chi connectivity index (χ2v) is 4.13. The summed E-state index contributed by atoms with van der Waals surface area (Å²) in [5, 5.41) is 2.79. The molecule has 0 aromatic rings. The number of carbonyl (C=O) groups excluding carboxylic acids is 2. The molecule has 1 amide bonds. The summed E-state index contributed by atoms with van der Waals surface area (Å²) < 4.78 is 5.25. The van der Waals surface area contributed by atoms with E-state index >= 15 is 0 Å². The third-order valence-corrected chi connectivity index (χ3v) is 2.77. The standard InChI is InChI=1S/C11H19NO3/c1-8(13)12-7-10-5-3-4-6-11(10)15-9(2)14/h10-11H,3-7H2,1-2H3,(H,12,13)/t10-,11-/m1/s1. The first-order valence-electron chi connectivity index (χ1n) is 5.51. The van der Waals surface area contributed by atoms with E-state index in [1.165, 1.54) is 13.8 Å². The molecule has 0 aromatic heterocycles. The van der Waals surface area contributed by atoms with Gasteiger partial charge in [0, 0.05) is 26.3 Å². The Kier molecular flexibility index (Phi) is 4.59. The minimum absolute atomic E-state index is 0.0110. The number of ether oxygens (including phenoxy) is 1. The third kappa shape index (κ3) is 4.32. The molecule has 0 bridgehead atoms. The van der Waals surface area contributed by atoms with Gasteiger partial charge in [0.15, 0.2) is 0 Å². The molecular formula is C11H19NO3. The van der Waals surface area contributed by atoms with Gasteiger partial charge in [0.1, 0.15) is 6.10 Å². The summed E-state index contributed by atoms with van der Waals surface area (Å²) >= 11 is 0. The number of rotatable bonds is 3. The highest BCUT2D eigenvalue weighted by Crippen LogP contribution is 2.26. The number of nitrogens with one attached hydrogen (secondary N) is 1. The molecule has 1 rings (SSSR count). The molecule has 0 spiro atoms. The van der Waals surface area contributed by atoms with E-state index in [1.807, 2.05) is 0 Å². The lowest BCUT2D eigenvalue weighted by molar-refractivity contribution is -0.150. The molecule has 0 saturated heterocycles. The molecule has 0 radical (unpaired) electrons. The Bertz CT molecular complexity index is 240. The SMILES string of the molecule is CC(=O)NC[C@H]1CCCC[C@H]1OC(C)=O. The Morgan fingerprint density at radius 3 is 2.53 bits per heavy atom. The van der Waals surface area contributed by atoms with Crippen molar-refractivity contribution in [3.8, 4) is 0 Å². The van der Waals surface area contributed by atoms with Crippen molar-refractivity contribution in [3.63, 3.8) is 0 Å². The molecule has 86 valence electrons. The Labute approximate surface area is 90.4 Å². The summed E-state index contributed by atoms with van der Waals surface area (Å²) in [6, 6.07) is 0. The van der Waals surface area contributed by atoms with E-state index in [4.69, 9.17) is 4.74 Å². The summed E-state index contributed by atoms with van der Waals surface area (Å²) in [5.74, 6) is 0.0309. The van der Waals surface area contributed by atoms with E-state index in [1.54, 1.807) is 0 Å². The lowest BCUT2D eigenvalue weighted by atomic mass is 9.86. The van der Waals surface area contributed by atoms with Crippen molar-refractivity contribution in [1.82, 2.24) is 5.32 Å². The Morgan fingerprint density at radius 1 is 1.27 bits per heavy atom. The smallest absolute Gasteiger partial charge is 0.302 e. The zero-order valence-electron chi connectivity index (χ0n) is 9.41. The van der Waals surface area contributed by atoms with Gasteiger partial charge in [-0.3, -0.25) is 9.59 Å². The fourth-order valence-corrected chi connectivity index (χ4v) is 2.05. The van der Waals surface area contributed by atoms with E-state index in [9.17, 15) is 9.59 Å². The Hall–Kier alpha value is -1.06. The van der Waals surface area contributed by atoms with Gasteiger partial charge in [-0.25, -0.2) is 0 Å². The average molecular weight is 213 g/mol. The van der Waals surface area contributed by atoms with Crippen LogP contribution in [0.1, 0.15) is 39.5 Å². The van der Waals surface area contributed by atoms with Gasteiger partial charge in [0.25, 0.3) is 0 Å². The van der Waals surface area contributed by atoms with Gasteiger partial charge in [-0.15, -0.1) is 0 Å². The monoisotopic (exact) mass is 213 g/mol. The van der Waals surface area contributed by atoms with Gasteiger partial charge >= 0.3 is 5.97 Å². The van der Waals surface area contributed by atoms with Gasteiger partial charge in [0.05, 0.1) is 0 Å². The summed E-state index contributed by atoms with van der Waals surface area (Å²) in [7, 11) is 0. The van der Waals surface area contributed by atoms with E-state index in [2.05, 4.69) is 5.32 Å². The summed E-state index contributed by atoms with van der Waals surface area (Å²) in [6.45, 7) is 3.56. The molecule has 1 aliphatic carbocycles. The molecule has 0 aliphatic heterocycles. The van der Waals surface area contributed by atoms with Gasteiger partial charge < -0.3 is 10.1 Å². The maximum absolute atomic E-state index is 10.9. The lowest BCUT2D eigenvalue weighted by Gasteiger charge is -2.30. The first-order valence-corrected chi connectivity index (χ1v) is 5.51. The number of amides is 1. The first kappa shape index (κ1) is 12.0. The highest BCUT2D eigenvalue weighted by molar-refractivity contribution is 5.72. The van der Waals surface area contributed by atoms with Gasteiger partial charge in [-0.2, -0.15) is 0 Å². The van der Waals surface area contributed by atoms with Crippen LogP contribution in [0.2, 0.25) is 0 Å². The van der Waals surface area contributed by atoms with Crippen molar-refractivity contribution in [2.24, 2.45) is 5.92 Å². The van der Waals surface area contributed by atoms with E-state index in [0.29, 0.717) is 6.54 Å². The number of hydrogen-bond donors (Lipinski definition) is 1. The Morgan fingerprint density at radius 2 is 1.93 bits per heavy atom. The second kappa shape index (κ2) is 5.73. The van der Waals surface area contributed by atoms with Crippen LogP contribution < -0.4 is 5.32 Å². The molecule has 15 heavy (non-hydrogen) atoms. The van der Waals surface area contributed by atoms with Gasteiger partial charge in [-0.05, 0) is 19.3 Å². The summed E-state index contributed by atoms with van der Waals surface area (Å²) in [5.41, 5.74) is 0. The van der Waals surface area contributed by atoms with E-state index < -0.39 is 0 Å². The van der Waals surface area contributed by atoms with Crippen LogP contribution in [0.5, 0.6) is 0 Å². The zero-order chi connectivity index (χ0) is 11.3. The molecule has 0 unspecified atom stereocenters. The van der Waals surface area contributed by atoms with E-state index in [-0.39, 0.29) is 23.9 Å². The van der Waals surface area contributed by atoms with Crippen molar-refractivity contribution in [1.29, 1.82) is 0 Å². The molecule has 1 aliphatic rings. The highest BCUT2D eigenvalue weighted by Gasteiger charge is 2.27. The quantitative estimate of drug-likeness (QED) is 0.718. The van der Waals surface area contributed by atoms with Crippen molar-refractivity contribution < 1.29 is 14.3 Å². The van der Waals surface area contributed by atoms with Crippen LogP contribution in [0.25, 0.3) is 0 Å². The predicted molar refractivity (Wildman–Crippen MR) is 56.2 cm³/mol. The highest BCUT2D eigenvalue weighted by atomic mass is 16.5. The van der Waals surface area contributed by atoms with Crippen LogP contribution in [0.4, 0.5) is 0 Å². The first-order chi connectivity index (χ1) is 7.09. The maximum atomic E-state index is 10.9. The molecular weight excluding hydrogens is 194 g/mol. The minimum Gasteiger partial charge on any atom is -0.462 e.